The molecule has 3 N–H and O–H groups in total. The third-order valence-corrected chi connectivity index (χ3v) is 3.62. The van der Waals surface area contributed by atoms with Crippen molar-refractivity contribution in [3.8, 4) is 0 Å². The Labute approximate surface area is 142 Å². The van der Waals surface area contributed by atoms with Gasteiger partial charge in [-0.1, -0.05) is 44.2 Å². The van der Waals surface area contributed by atoms with Crippen LogP contribution in [-0.4, -0.2) is 29.4 Å². The molecule has 24 heavy (non-hydrogen) atoms. The lowest BCUT2D eigenvalue weighted by molar-refractivity contribution is -0.142. The molecular weight excluding hydrogens is 308 g/mol. The van der Waals surface area contributed by atoms with E-state index in [0.717, 1.165) is 5.56 Å². The zero-order valence-corrected chi connectivity index (χ0v) is 14.4. The Morgan fingerprint density at radius 2 is 1.75 bits per heavy atom. The number of carbonyl (C=O) groups excluding carboxylic acids is 2. The number of hydrogen-bond donors (Lipinski definition) is 3. The zero-order valence-electron chi connectivity index (χ0n) is 14.4. The summed E-state index contributed by atoms with van der Waals surface area (Å²) in [5.74, 6) is -1.79. The van der Waals surface area contributed by atoms with E-state index >= 15 is 0 Å². The molecule has 0 aliphatic carbocycles. The second-order valence-corrected chi connectivity index (χ2v) is 6.34. The first-order valence-corrected chi connectivity index (χ1v) is 8.11. The van der Waals surface area contributed by atoms with E-state index in [1.807, 2.05) is 44.2 Å². The van der Waals surface area contributed by atoms with Gasteiger partial charge in [0, 0.05) is 13.5 Å². The van der Waals surface area contributed by atoms with Crippen molar-refractivity contribution in [2.75, 3.05) is 6.54 Å². The number of amides is 2. The van der Waals surface area contributed by atoms with Crippen LogP contribution >= 0.6 is 0 Å². The van der Waals surface area contributed by atoms with Gasteiger partial charge in [-0.05, 0) is 17.9 Å². The monoisotopic (exact) mass is 334 g/mol. The van der Waals surface area contributed by atoms with E-state index in [-0.39, 0.29) is 30.7 Å². The van der Waals surface area contributed by atoms with Crippen LogP contribution in [0.1, 0.15) is 45.2 Å². The largest absolute Gasteiger partial charge is 0.481 e. The highest BCUT2D eigenvalue weighted by Gasteiger charge is 2.21. The van der Waals surface area contributed by atoms with Crippen LogP contribution in [-0.2, 0) is 14.4 Å². The average molecular weight is 334 g/mol. The number of carbonyl (C=O) groups is 3. The molecule has 0 aromatic heterocycles. The highest BCUT2D eigenvalue weighted by molar-refractivity contribution is 5.79. The minimum absolute atomic E-state index is 0.0671. The summed E-state index contributed by atoms with van der Waals surface area (Å²) in [6, 6.07) is 8.78. The summed E-state index contributed by atoms with van der Waals surface area (Å²) in [5, 5.41) is 14.6. The second kappa shape index (κ2) is 9.70. The Kier molecular flexibility index (Phi) is 7.95. The van der Waals surface area contributed by atoms with Gasteiger partial charge < -0.3 is 15.7 Å². The molecule has 0 saturated carbocycles. The third-order valence-electron chi connectivity index (χ3n) is 3.62. The number of benzene rings is 1. The van der Waals surface area contributed by atoms with Crippen molar-refractivity contribution in [2.24, 2.45) is 11.8 Å². The van der Waals surface area contributed by atoms with E-state index < -0.39 is 17.9 Å². The molecule has 0 aliphatic heterocycles. The minimum atomic E-state index is -0.912. The van der Waals surface area contributed by atoms with Gasteiger partial charge in [0.25, 0.3) is 0 Å². The maximum absolute atomic E-state index is 12.2. The zero-order chi connectivity index (χ0) is 18.1. The molecule has 1 aromatic carbocycles. The van der Waals surface area contributed by atoms with E-state index in [1.54, 1.807) is 0 Å². The molecule has 1 rings (SSSR count). The highest BCUT2D eigenvalue weighted by Crippen LogP contribution is 2.17. The molecule has 0 heterocycles. The van der Waals surface area contributed by atoms with Crippen molar-refractivity contribution in [2.45, 2.75) is 39.7 Å². The molecule has 0 radical (unpaired) electrons. The smallest absolute Gasteiger partial charge is 0.308 e. The Hall–Kier alpha value is -2.37. The molecular formula is C18H26N2O4. The maximum Gasteiger partial charge on any atom is 0.308 e. The van der Waals surface area contributed by atoms with Crippen molar-refractivity contribution < 1.29 is 19.5 Å². The predicted molar refractivity (Wildman–Crippen MR) is 91.2 cm³/mol. The first-order chi connectivity index (χ1) is 11.3. The van der Waals surface area contributed by atoms with Crippen molar-refractivity contribution in [1.29, 1.82) is 0 Å². The van der Waals surface area contributed by atoms with Crippen molar-refractivity contribution >= 4 is 17.8 Å². The van der Waals surface area contributed by atoms with Crippen molar-refractivity contribution in [1.82, 2.24) is 10.6 Å². The van der Waals surface area contributed by atoms with Crippen LogP contribution in [0.3, 0.4) is 0 Å². The van der Waals surface area contributed by atoms with E-state index in [2.05, 4.69) is 10.6 Å². The Bertz CT molecular complexity index is 557. The second-order valence-electron chi connectivity index (χ2n) is 6.34. The van der Waals surface area contributed by atoms with E-state index in [9.17, 15) is 19.5 Å². The van der Waals surface area contributed by atoms with E-state index in [0.29, 0.717) is 6.42 Å². The summed E-state index contributed by atoms with van der Waals surface area (Å²) in [7, 11) is 0. The first-order valence-electron chi connectivity index (χ1n) is 8.11. The fraction of sp³-hybridized carbons (Fsp3) is 0.500. The summed E-state index contributed by atoms with van der Waals surface area (Å²) in [5.41, 5.74) is 0.833. The molecule has 2 unspecified atom stereocenters. The third kappa shape index (κ3) is 7.26. The standard InChI is InChI=1S/C18H26N2O4/c1-12(2)9-15(18(23)24)11-19-17(22)10-16(20-13(3)21)14-7-5-4-6-8-14/h4-8,12,15-16H,9-11H2,1-3H3,(H,19,22)(H,20,21)(H,23,24). The lowest BCUT2D eigenvalue weighted by Gasteiger charge is -2.19. The van der Waals surface area contributed by atoms with Crippen LogP contribution in [0.15, 0.2) is 30.3 Å². The summed E-state index contributed by atoms with van der Waals surface area (Å²) < 4.78 is 0. The summed E-state index contributed by atoms with van der Waals surface area (Å²) in [6.45, 7) is 5.38. The highest BCUT2D eigenvalue weighted by atomic mass is 16.4. The molecule has 2 amide bonds. The molecule has 132 valence electrons. The van der Waals surface area contributed by atoms with Gasteiger partial charge in [0.05, 0.1) is 18.4 Å². The van der Waals surface area contributed by atoms with Gasteiger partial charge in [-0.25, -0.2) is 0 Å². The van der Waals surface area contributed by atoms with Gasteiger partial charge in [0.15, 0.2) is 0 Å². The van der Waals surface area contributed by atoms with Crippen LogP contribution in [0.2, 0.25) is 0 Å². The fourth-order valence-corrected chi connectivity index (χ4v) is 2.52. The first kappa shape index (κ1) is 19.7. The van der Waals surface area contributed by atoms with E-state index in [1.165, 1.54) is 6.92 Å². The lowest BCUT2D eigenvalue weighted by atomic mass is 9.97. The van der Waals surface area contributed by atoms with Crippen LogP contribution in [0, 0.1) is 11.8 Å². The number of nitrogens with one attached hydrogen (secondary N) is 2. The van der Waals surface area contributed by atoms with Crippen molar-refractivity contribution in [3.63, 3.8) is 0 Å². The van der Waals surface area contributed by atoms with Gasteiger partial charge in [0.2, 0.25) is 11.8 Å². The fourth-order valence-electron chi connectivity index (χ4n) is 2.52. The topological polar surface area (TPSA) is 95.5 Å². The Balaban J connectivity index is 2.64. The summed E-state index contributed by atoms with van der Waals surface area (Å²) in [6.07, 6.45) is 0.570. The van der Waals surface area contributed by atoms with E-state index in [4.69, 9.17) is 0 Å². The number of rotatable bonds is 9. The van der Waals surface area contributed by atoms with Gasteiger partial charge in [-0.3, -0.25) is 14.4 Å². The number of hydrogen-bond acceptors (Lipinski definition) is 3. The Morgan fingerprint density at radius 3 is 2.25 bits per heavy atom. The molecule has 6 heteroatoms. The van der Waals surface area contributed by atoms with Crippen LogP contribution in [0.5, 0.6) is 0 Å². The molecule has 2 atom stereocenters. The molecule has 0 saturated heterocycles. The normalized spacial score (nSPS) is 13.2. The molecule has 0 spiro atoms. The molecule has 0 aliphatic rings. The van der Waals surface area contributed by atoms with Gasteiger partial charge in [0.1, 0.15) is 0 Å². The average Bonchev–Trinajstić information content (AvgIpc) is 2.50. The predicted octanol–water partition coefficient (Wildman–Crippen LogP) is 2.12. The van der Waals surface area contributed by atoms with Gasteiger partial charge in [-0.2, -0.15) is 0 Å². The molecule has 1 aromatic rings. The number of aliphatic carboxylic acids is 1. The van der Waals surface area contributed by atoms with Crippen molar-refractivity contribution in [3.05, 3.63) is 35.9 Å². The van der Waals surface area contributed by atoms with Gasteiger partial charge >= 0.3 is 5.97 Å². The maximum atomic E-state index is 12.2. The molecule has 6 nitrogen and oxygen atoms in total. The van der Waals surface area contributed by atoms with Gasteiger partial charge in [-0.15, -0.1) is 0 Å². The summed E-state index contributed by atoms with van der Waals surface area (Å²) >= 11 is 0. The Morgan fingerprint density at radius 1 is 1.12 bits per heavy atom. The molecule has 0 bridgehead atoms. The number of carboxylic acids is 1. The molecule has 0 fully saturated rings. The minimum Gasteiger partial charge on any atom is -0.481 e. The quantitative estimate of drug-likeness (QED) is 0.644. The van der Waals surface area contributed by atoms with Crippen LogP contribution in [0.25, 0.3) is 0 Å². The number of carboxylic acid groups (broad SMARTS) is 1. The van der Waals surface area contributed by atoms with Crippen LogP contribution in [0.4, 0.5) is 0 Å². The van der Waals surface area contributed by atoms with Crippen LogP contribution < -0.4 is 10.6 Å². The summed E-state index contributed by atoms with van der Waals surface area (Å²) in [4.78, 5) is 34.8. The SMILES string of the molecule is CC(=O)NC(CC(=O)NCC(CC(C)C)C(=O)O)c1ccccc1. The lowest BCUT2D eigenvalue weighted by Crippen LogP contribution is -2.36.